The molecule has 0 bridgehead atoms. The summed E-state index contributed by atoms with van der Waals surface area (Å²) in [6.07, 6.45) is 67.9. The van der Waals surface area contributed by atoms with Gasteiger partial charge in [0.2, 0.25) is 0 Å². The second kappa shape index (κ2) is 54.9. The Hall–Kier alpha value is -5.66. The maximum atomic E-state index is 13.2. The fourth-order valence-electron chi connectivity index (χ4n) is 8.04. The predicted molar refractivity (Wildman–Crippen MR) is 330 cm³/mol. The summed E-state index contributed by atoms with van der Waals surface area (Å²) in [6.45, 7) is 5.54. The number of aliphatic hydroxyl groups is 2. The van der Waals surface area contributed by atoms with Gasteiger partial charge in [-0.05, 0) is 128 Å². The average molecular weight is 1130 g/mol. The highest BCUT2D eigenvalue weighted by Crippen LogP contribution is 2.26. The minimum Gasteiger partial charge on any atom is -0.479 e. The van der Waals surface area contributed by atoms with E-state index in [4.69, 9.17) is 23.7 Å². The van der Waals surface area contributed by atoms with E-state index in [1.165, 1.54) is 0 Å². The van der Waals surface area contributed by atoms with Gasteiger partial charge in [-0.2, -0.15) is 0 Å². The number of aliphatic carboxylic acids is 1. The largest absolute Gasteiger partial charge is 0.479 e. The zero-order valence-corrected chi connectivity index (χ0v) is 49.7. The average Bonchev–Trinajstić information content (AvgIpc) is 3.53. The molecule has 1 aliphatic heterocycles. The molecule has 12 nitrogen and oxygen atoms in total. The van der Waals surface area contributed by atoms with Crippen LogP contribution in [-0.2, 0) is 42.9 Å². The van der Waals surface area contributed by atoms with Crippen molar-refractivity contribution in [1.29, 1.82) is 0 Å². The minimum absolute atomic E-state index is 0.0211. The first-order valence-corrected chi connectivity index (χ1v) is 30.5. The van der Waals surface area contributed by atoms with Gasteiger partial charge in [0.15, 0.2) is 24.6 Å². The first kappa shape index (κ1) is 73.4. The molecule has 3 N–H and O–H groups in total. The van der Waals surface area contributed by atoms with Gasteiger partial charge in [-0.3, -0.25) is 14.4 Å². The number of allylic oxidation sites excluding steroid dienone is 26. The van der Waals surface area contributed by atoms with Crippen LogP contribution in [0.25, 0.3) is 0 Å². The molecule has 0 spiro atoms. The fourth-order valence-corrected chi connectivity index (χ4v) is 8.04. The molecule has 1 saturated heterocycles. The number of aliphatic hydroxyl groups excluding tert-OH is 2. The quantitative estimate of drug-likeness (QED) is 0.0228. The van der Waals surface area contributed by atoms with Crippen molar-refractivity contribution in [3.05, 3.63) is 158 Å². The number of rotatable bonds is 49. The molecule has 1 fully saturated rings. The van der Waals surface area contributed by atoms with Gasteiger partial charge in [0.1, 0.15) is 18.8 Å². The molecule has 0 aromatic heterocycles. The molecule has 0 aromatic carbocycles. The maximum absolute atomic E-state index is 13.2. The summed E-state index contributed by atoms with van der Waals surface area (Å²) in [7, 11) is 0. The van der Waals surface area contributed by atoms with Crippen LogP contribution in [0.15, 0.2) is 158 Å². The van der Waals surface area contributed by atoms with E-state index in [1.807, 2.05) is 12.2 Å². The summed E-state index contributed by atoms with van der Waals surface area (Å²) in [5, 5.41) is 31.5. The molecule has 6 unspecified atom stereocenters. The van der Waals surface area contributed by atoms with E-state index in [9.17, 15) is 34.5 Å². The first-order chi connectivity index (χ1) is 39.6. The third-order valence-corrected chi connectivity index (χ3v) is 12.6. The summed E-state index contributed by atoms with van der Waals surface area (Å²) in [5.41, 5.74) is 0. The Morgan fingerprint density at radius 3 is 1.17 bits per heavy atom. The summed E-state index contributed by atoms with van der Waals surface area (Å²) in [5.74, 6) is -3.32. The van der Waals surface area contributed by atoms with Gasteiger partial charge in [-0.15, -0.1) is 0 Å². The molecule has 0 radical (unpaired) electrons. The predicted octanol–water partition coefficient (Wildman–Crippen LogP) is 16.1. The Kier molecular flexibility index (Phi) is 49.7. The van der Waals surface area contributed by atoms with Crippen molar-refractivity contribution in [3.8, 4) is 0 Å². The topological polar surface area (TPSA) is 175 Å². The molecule has 0 aliphatic carbocycles. The van der Waals surface area contributed by atoms with Crippen LogP contribution in [0.2, 0.25) is 0 Å². The van der Waals surface area contributed by atoms with Gasteiger partial charge in [-0.1, -0.05) is 211 Å². The van der Waals surface area contributed by atoms with Gasteiger partial charge in [-0.25, -0.2) is 4.79 Å². The lowest BCUT2D eigenvalue weighted by atomic mass is 9.98. The van der Waals surface area contributed by atoms with Crippen LogP contribution in [0.5, 0.6) is 0 Å². The van der Waals surface area contributed by atoms with Gasteiger partial charge in [0, 0.05) is 19.3 Å². The number of carboxylic acid groups (broad SMARTS) is 1. The van der Waals surface area contributed by atoms with E-state index >= 15 is 0 Å². The van der Waals surface area contributed by atoms with Crippen molar-refractivity contribution in [3.63, 3.8) is 0 Å². The Morgan fingerprint density at radius 2 is 0.765 bits per heavy atom. The lowest BCUT2D eigenvalue weighted by molar-refractivity contribution is -0.301. The second-order valence-electron chi connectivity index (χ2n) is 19.8. The van der Waals surface area contributed by atoms with Crippen LogP contribution in [-0.4, -0.2) is 89.2 Å². The molecule has 452 valence electrons. The van der Waals surface area contributed by atoms with E-state index in [1.54, 1.807) is 0 Å². The van der Waals surface area contributed by atoms with Crippen molar-refractivity contribution < 1.29 is 58.2 Å². The monoisotopic (exact) mass is 1120 g/mol. The zero-order chi connectivity index (χ0) is 58.9. The summed E-state index contributed by atoms with van der Waals surface area (Å²) >= 11 is 0. The number of carboxylic acids is 1. The highest BCUT2D eigenvalue weighted by molar-refractivity contribution is 5.74. The van der Waals surface area contributed by atoms with Crippen molar-refractivity contribution in [2.24, 2.45) is 0 Å². The molecule has 81 heavy (non-hydrogen) atoms. The lowest BCUT2D eigenvalue weighted by Crippen LogP contribution is -2.61. The third kappa shape index (κ3) is 44.7. The minimum atomic E-state index is -1.93. The highest BCUT2D eigenvalue weighted by Gasteiger charge is 2.50. The summed E-state index contributed by atoms with van der Waals surface area (Å²) in [6, 6.07) is 0. The summed E-state index contributed by atoms with van der Waals surface area (Å²) in [4.78, 5) is 51.2. The molecular weight excluding hydrogens is 1020 g/mol. The van der Waals surface area contributed by atoms with E-state index in [0.29, 0.717) is 25.7 Å². The molecule has 1 heterocycles. The SMILES string of the molecule is CC/C=C\C/C=C\C/C=C\C/C=C\C/C=C\C/C=C\CCC(=O)OCC(COC1OC(C(=O)O)C(O)C(O)C1OC(=O)CCCCCCC/C=C\C/C=C\C/C=C\CC)OC(=O)CCCCCC/C=C\C/C=C\C/C=C\C/C=C\CC. The number of carbonyl (C=O) groups excluding carboxylic acids is 3. The van der Waals surface area contributed by atoms with E-state index in [-0.39, 0.29) is 25.9 Å². The maximum Gasteiger partial charge on any atom is 0.335 e. The van der Waals surface area contributed by atoms with Crippen molar-refractivity contribution in [1.82, 2.24) is 0 Å². The van der Waals surface area contributed by atoms with E-state index in [2.05, 4.69) is 167 Å². The number of hydrogen-bond acceptors (Lipinski definition) is 11. The number of carbonyl (C=O) groups is 4. The molecule has 6 atom stereocenters. The zero-order valence-electron chi connectivity index (χ0n) is 49.7. The molecule has 0 saturated carbocycles. The summed E-state index contributed by atoms with van der Waals surface area (Å²) < 4.78 is 28.3. The number of unbranched alkanes of at least 4 members (excludes halogenated alkanes) is 9. The smallest absolute Gasteiger partial charge is 0.335 e. The molecule has 0 aromatic rings. The third-order valence-electron chi connectivity index (χ3n) is 12.6. The number of hydrogen-bond donors (Lipinski definition) is 3. The van der Waals surface area contributed by atoms with Crippen LogP contribution < -0.4 is 0 Å². The van der Waals surface area contributed by atoms with Crippen molar-refractivity contribution in [2.75, 3.05) is 13.2 Å². The molecule has 1 rings (SSSR count). The Balaban J connectivity index is 2.77. The van der Waals surface area contributed by atoms with E-state index < -0.39 is 67.3 Å². The standard InChI is InChI=1S/C69H104O12/c1-4-7-10-13-16-19-22-25-28-30-31-33-35-37-40-43-46-49-52-55-61(70)77-58-60(79-62(71)56-53-50-47-44-41-39-36-32-29-26-23-20-17-14-11-8-5-2)59-78-69-67(65(74)64(73)66(81-69)68(75)76)80-63(72)57-54-51-48-45-42-38-34-27-24-21-18-15-12-9-6-3/h7-12,16-21,25-29,31,33-34,36-37,39-40,46,49,60,64-67,69,73-74H,4-6,13-15,22-24,30,32,35,38,41-45,47-48,50-59H2,1-3H3,(H,75,76)/b10-7-,11-8-,12-9-,19-16-,20-17-,21-18-,28-25-,29-26-,33-31-,34-27-,39-36-,40-37-,49-46-. The first-order valence-electron chi connectivity index (χ1n) is 30.5. The van der Waals surface area contributed by atoms with Gasteiger partial charge < -0.3 is 39.0 Å². The van der Waals surface area contributed by atoms with Crippen molar-refractivity contribution >= 4 is 23.9 Å². The van der Waals surface area contributed by atoms with Gasteiger partial charge in [0.25, 0.3) is 0 Å². The molecule has 0 amide bonds. The second-order valence-corrected chi connectivity index (χ2v) is 19.8. The van der Waals surface area contributed by atoms with Crippen LogP contribution in [0.3, 0.4) is 0 Å². The van der Waals surface area contributed by atoms with Crippen molar-refractivity contribution in [2.45, 2.75) is 237 Å². The fraction of sp³-hybridized carbons (Fsp3) is 0.565. The number of ether oxygens (including phenoxy) is 5. The lowest BCUT2D eigenvalue weighted by Gasteiger charge is -2.40. The Labute approximate surface area is 488 Å². The Bertz CT molecular complexity index is 2010. The van der Waals surface area contributed by atoms with Gasteiger partial charge >= 0.3 is 23.9 Å². The van der Waals surface area contributed by atoms with Crippen LogP contribution >= 0.6 is 0 Å². The molecule has 1 aliphatic rings. The van der Waals surface area contributed by atoms with Crippen LogP contribution in [0.4, 0.5) is 0 Å². The Morgan fingerprint density at radius 1 is 0.407 bits per heavy atom. The molecule has 12 heteroatoms. The highest BCUT2D eigenvalue weighted by atomic mass is 16.7. The van der Waals surface area contributed by atoms with E-state index in [0.717, 1.165) is 135 Å². The van der Waals surface area contributed by atoms with Gasteiger partial charge in [0.05, 0.1) is 6.61 Å². The number of esters is 3. The normalized spacial score (nSPS) is 18.9. The van der Waals surface area contributed by atoms with Crippen LogP contribution in [0, 0.1) is 0 Å². The van der Waals surface area contributed by atoms with Crippen LogP contribution in [0.1, 0.15) is 201 Å². The molecular formula is C69H104O12.